The van der Waals surface area contributed by atoms with Gasteiger partial charge in [-0.05, 0) is 41.8 Å². The van der Waals surface area contributed by atoms with E-state index >= 15 is 0 Å². The van der Waals surface area contributed by atoms with Crippen molar-refractivity contribution >= 4 is 11.8 Å². The molecule has 0 amide bonds. The maximum absolute atomic E-state index is 10.8. The summed E-state index contributed by atoms with van der Waals surface area (Å²) in [5, 5.41) is 15.9. The summed E-state index contributed by atoms with van der Waals surface area (Å²) in [4.78, 5) is 10.8. The molecule has 2 atom stereocenters. The number of thioether (sulfide) groups is 1. The molecule has 2 unspecified atom stereocenters. The maximum atomic E-state index is 10.8. The molecule has 0 spiro atoms. The van der Waals surface area contributed by atoms with Gasteiger partial charge in [0.15, 0.2) is 0 Å². The average Bonchev–Trinajstić information content (AvgIpc) is 3.09. The van der Waals surface area contributed by atoms with Gasteiger partial charge in [-0.3, -0.25) is 0 Å². The number of aromatic nitrogens is 4. The summed E-state index contributed by atoms with van der Waals surface area (Å²) >= 11 is 1.55. The van der Waals surface area contributed by atoms with Gasteiger partial charge in [0.05, 0.1) is 5.69 Å². The zero-order valence-electron chi connectivity index (χ0n) is 10.2. The van der Waals surface area contributed by atoms with Crippen molar-refractivity contribution in [2.75, 3.05) is 0 Å². The van der Waals surface area contributed by atoms with E-state index in [1.807, 2.05) is 30.3 Å². The van der Waals surface area contributed by atoms with E-state index < -0.39 is 0 Å². The van der Waals surface area contributed by atoms with Crippen molar-refractivity contribution in [3.05, 3.63) is 35.2 Å². The zero-order valence-corrected chi connectivity index (χ0v) is 11.0. The van der Waals surface area contributed by atoms with Crippen LogP contribution in [0.1, 0.15) is 19.3 Å². The standard InChI is InChI=1S/C12H13N5OS/c18-14-10-7-4-8-11(10)19-12-13-15-16-17(12)9-5-2-1-3-6-9/h1-3,5-6,10-11H,4,7-8H2. The van der Waals surface area contributed by atoms with E-state index in [0.29, 0.717) is 5.16 Å². The molecule has 1 heterocycles. The first-order valence-corrected chi connectivity index (χ1v) is 7.09. The van der Waals surface area contributed by atoms with E-state index in [2.05, 4.69) is 20.7 Å². The van der Waals surface area contributed by atoms with E-state index in [1.165, 1.54) is 0 Å². The van der Waals surface area contributed by atoms with E-state index in [0.717, 1.165) is 24.9 Å². The second kappa shape index (κ2) is 5.48. The van der Waals surface area contributed by atoms with Gasteiger partial charge in [0.25, 0.3) is 0 Å². The maximum Gasteiger partial charge on any atom is 0.214 e. The van der Waals surface area contributed by atoms with Gasteiger partial charge >= 0.3 is 0 Å². The molecule has 1 aliphatic rings. The lowest BCUT2D eigenvalue weighted by Crippen LogP contribution is -2.14. The van der Waals surface area contributed by atoms with Crippen LogP contribution in [0.25, 0.3) is 5.69 Å². The lowest BCUT2D eigenvalue weighted by atomic mass is 10.3. The molecule has 0 aliphatic heterocycles. The lowest BCUT2D eigenvalue weighted by Gasteiger charge is -2.11. The number of hydrogen-bond donors (Lipinski definition) is 0. The van der Waals surface area contributed by atoms with Gasteiger partial charge in [-0.15, -0.1) is 5.10 Å². The van der Waals surface area contributed by atoms with Gasteiger partial charge in [0, 0.05) is 5.25 Å². The van der Waals surface area contributed by atoms with Crippen molar-refractivity contribution in [1.29, 1.82) is 0 Å². The third kappa shape index (κ3) is 2.51. The topological polar surface area (TPSA) is 73.0 Å². The van der Waals surface area contributed by atoms with Gasteiger partial charge < -0.3 is 0 Å². The molecule has 6 nitrogen and oxygen atoms in total. The first kappa shape index (κ1) is 12.3. The Balaban J connectivity index is 1.83. The molecule has 1 aromatic carbocycles. The van der Waals surface area contributed by atoms with Gasteiger partial charge in [0.1, 0.15) is 6.04 Å². The number of benzene rings is 1. The highest BCUT2D eigenvalue weighted by atomic mass is 32.2. The Hall–Kier alpha value is -1.76. The molecule has 0 N–H and O–H groups in total. The molecular weight excluding hydrogens is 262 g/mol. The molecule has 19 heavy (non-hydrogen) atoms. The van der Waals surface area contributed by atoms with Gasteiger partial charge in [0.2, 0.25) is 5.16 Å². The Morgan fingerprint density at radius 3 is 2.89 bits per heavy atom. The van der Waals surface area contributed by atoms with Crippen LogP contribution in [-0.4, -0.2) is 31.5 Å². The minimum atomic E-state index is -0.120. The van der Waals surface area contributed by atoms with Gasteiger partial charge in [-0.1, -0.05) is 35.1 Å². The first-order valence-electron chi connectivity index (χ1n) is 6.21. The van der Waals surface area contributed by atoms with Crippen molar-refractivity contribution in [3.63, 3.8) is 0 Å². The zero-order chi connectivity index (χ0) is 13.1. The highest BCUT2D eigenvalue weighted by Crippen LogP contribution is 2.36. The molecule has 7 heteroatoms. The van der Waals surface area contributed by atoms with Crippen LogP contribution < -0.4 is 0 Å². The fraction of sp³-hybridized carbons (Fsp3) is 0.417. The van der Waals surface area contributed by atoms with E-state index in [9.17, 15) is 4.91 Å². The molecule has 0 bridgehead atoms. The van der Waals surface area contributed by atoms with Crippen molar-refractivity contribution in [1.82, 2.24) is 20.2 Å². The summed E-state index contributed by atoms with van der Waals surface area (Å²) in [6.45, 7) is 0. The van der Waals surface area contributed by atoms with Crippen LogP contribution in [0.5, 0.6) is 0 Å². The molecule has 1 aliphatic carbocycles. The summed E-state index contributed by atoms with van der Waals surface area (Å²) < 4.78 is 1.70. The summed E-state index contributed by atoms with van der Waals surface area (Å²) in [6, 6.07) is 9.61. The number of nitrogens with zero attached hydrogens (tertiary/aromatic N) is 5. The minimum Gasteiger partial charge on any atom is -0.188 e. The van der Waals surface area contributed by atoms with Crippen molar-refractivity contribution in [2.45, 2.75) is 35.7 Å². The Kier molecular flexibility index (Phi) is 3.54. The van der Waals surface area contributed by atoms with Gasteiger partial charge in [-0.25, -0.2) is 0 Å². The predicted molar refractivity (Wildman–Crippen MR) is 72.2 cm³/mol. The van der Waals surface area contributed by atoms with E-state index in [4.69, 9.17) is 0 Å². The number of rotatable bonds is 4. The van der Waals surface area contributed by atoms with E-state index in [-0.39, 0.29) is 11.3 Å². The normalized spacial score (nSPS) is 22.5. The molecular formula is C12H13N5OS. The highest BCUT2D eigenvalue weighted by Gasteiger charge is 2.30. The largest absolute Gasteiger partial charge is 0.214 e. The second-order valence-corrected chi connectivity index (χ2v) is 5.68. The summed E-state index contributed by atoms with van der Waals surface area (Å²) in [5.41, 5.74) is 0.920. The first-order chi connectivity index (χ1) is 9.38. The third-order valence-electron chi connectivity index (χ3n) is 3.25. The van der Waals surface area contributed by atoms with Crippen LogP contribution >= 0.6 is 11.8 Å². The van der Waals surface area contributed by atoms with Crippen LogP contribution in [0.4, 0.5) is 0 Å². The molecule has 0 saturated heterocycles. The predicted octanol–water partition coefficient (Wildman–Crippen LogP) is 2.44. The molecule has 1 aromatic heterocycles. The highest BCUT2D eigenvalue weighted by molar-refractivity contribution is 7.99. The van der Waals surface area contributed by atoms with Gasteiger partial charge in [-0.2, -0.15) is 9.59 Å². The minimum absolute atomic E-state index is 0.120. The Morgan fingerprint density at radius 1 is 1.26 bits per heavy atom. The van der Waals surface area contributed by atoms with Crippen molar-refractivity contribution < 1.29 is 0 Å². The molecule has 2 aromatic rings. The molecule has 1 saturated carbocycles. The monoisotopic (exact) mass is 275 g/mol. The summed E-state index contributed by atoms with van der Waals surface area (Å²) in [5.74, 6) is 0. The van der Waals surface area contributed by atoms with Crippen LogP contribution in [0.2, 0.25) is 0 Å². The fourth-order valence-electron chi connectivity index (χ4n) is 2.28. The Bertz CT molecular complexity index is 558. The number of tetrazole rings is 1. The average molecular weight is 275 g/mol. The quantitative estimate of drug-likeness (QED) is 0.801. The van der Waals surface area contributed by atoms with Crippen LogP contribution in [0.3, 0.4) is 0 Å². The second-order valence-electron chi connectivity index (χ2n) is 4.47. The summed E-state index contributed by atoms with van der Waals surface area (Å²) in [6.07, 6.45) is 2.90. The summed E-state index contributed by atoms with van der Waals surface area (Å²) in [7, 11) is 0. The number of hydrogen-bond acceptors (Lipinski definition) is 6. The number of nitroso groups, excluding NO2 is 1. The molecule has 1 fully saturated rings. The van der Waals surface area contributed by atoms with Crippen LogP contribution in [0.15, 0.2) is 40.7 Å². The van der Waals surface area contributed by atoms with E-state index in [1.54, 1.807) is 16.4 Å². The van der Waals surface area contributed by atoms with Crippen molar-refractivity contribution in [3.8, 4) is 5.69 Å². The lowest BCUT2D eigenvalue weighted by molar-refractivity contribution is 0.705. The number of para-hydroxylation sites is 1. The molecule has 0 radical (unpaired) electrons. The Morgan fingerprint density at radius 2 is 2.11 bits per heavy atom. The SMILES string of the molecule is O=NC1CCCC1Sc1nnnn1-c1ccccc1. The molecule has 98 valence electrons. The smallest absolute Gasteiger partial charge is 0.188 e. The van der Waals surface area contributed by atoms with Crippen LogP contribution in [-0.2, 0) is 0 Å². The van der Waals surface area contributed by atoms with Crippen molar-refractivity contribution in [2.24, 2.45) is 5.18 Å². The molecule has 3 rings (SSSR count). The van der Waals surface area contributed by atoms with Crippen LogP contribution in [0, 0.1) is 4.91 Å². The fourth-order valence-corrected chi connectivity index (χ4v) is 3.51. The third-order valence-corrected chi connectivity index (χ3v) is 4.57. The Labute approximate surface area is 114 Å².